The number of ether oxygens (including phenoxy) is 2. The number of aromatic nitrogens is 2. The lowest BCUT2D eigenvalue weighted by atomic mass is 10.1. The normalized spacial score (nSPS) is 14.0. The van der Waals surface area contributed by atoms with Crippen LogP contribution in [0.1, 0.15) is 37.4 Å². The molecule has 7 heteroatoms. The molecular weight excluding hydrogens is 382 g/mol. The molecule has 2 aromatic carbocycles. The van der Waals surface area contributed by atoms with Gasteiger partial charge in [-0.3, -0.25) is 9.59 Å². The molecule has 0 spiro atoms. The van der Waals surface area contributed by atoms with E-state index in [0.29, 0.717) is 22.6 Å². The Morgan fingerprint density at radius 3 is 2.47 bits per heavy atom. The Bertz CT molecular complexity index is 1100. The lowest BCUT2D eigenvalue weighted by Gasteiger charge is -2.16. The molecule has 0 aliphatic heterocycles. The summed E-state index contributed by atoms with van der Waals surface area (Å²) >= 11 is 0. The Labute approximate surface area is 174 Å². The van der Waals surface area contributed by atoms with Crippen molar-refractivity contribution in [3.8, 4) is 11.5 Å². The molecule has 0 atom stereocenters. The van der Waals surface area contributed by atoms with E-state index in [1.54, 1.807) is 23.9 Å². The molecule has 1 amide bonds. The Kier molecular flexibility index (Phi) is 5.97. The number of hydrogen-bond donors (Lipinski definition) is 1. The van der Waals surface area contributed by atoms with Crippen LogP contribution in [0.4, 0.5) is 0 Å². The molecule has 7 nitrogen and oxygen atoms in total. The van der Waals surface area contributed by atoms with Gasteiger partial charge in [-0.2, -0.15) is 5.10 Å². The number of nitrogens with zero attached hydrogens (tertiary/aromatic N) is 2. The average Bonchev–Trinajstić information content (AvgIpc) is 3.32. The van der Waals surface area contributed by atoms with Crippen LogP contribution >= 0.6 is 0 Å². The Balaban J connectivity index is 1.50. The zero-order valence-corrected chi connectivity index (χ0v) is 17.0. The maximum absolute atomic E-state index is 12.9. The van der Waals surface area contributed by atoms with Gasteiger partial charge in [-0.15, -0.1) is 0 Å². The molecule has 1 fully saturated rings. The quantitative estimate of drug-likeness (QED) is 0.650. The Morgan fingerprint density at radius 2 is 1.73 bits per heavy atom. The van der Waals surface area contributed by atoms with Crippen molar-refractivity contribution in [3.05, 3.63) is 64.6 Å². The first kappa shape index (κ1) is 19.9. The third kappa shape index (κ3) is 4.15. The molecule has 0 unspecified atom stereocenters. The van der Waals surface area contributed by atoms with Crippen molar-refractivity contribution in [2.45, 2.75) is 38.3 Å². The number of hydrogen-bond acceptors (Lipinski definition) is 5. The minimum atomic E-state index is -0.273. The van der Waals surface area contributed by atoms with Gasteiger partial charge in [0, 0.05) is 5.39 Å². The fraction of sp³-hybridized carbons (Fsp3) is 0.348. The molecule has 1 aliphatic rings. The monoisotopic (exact) mass is 407 g/mol. The molecule has 4 rings (SSSR count). The molecule has 0 radical (unpaired) electrons. The number of nitrogens with one attached hydrogen (secondary N) is 1. The first-order valence-electron chi connectivity index (χ1n) is 10.2. The number of methoxy groups -OCH3 is 1. The lowest BCUT2D eigenvalue weighted by molar-refractivity contribution is -0.123. The topological polar surface area (TPSA) is 82.4 Å². The smallest absolute Gasteiger partial charge is 0.274 e. The van der Waals surface area contributed by atoms with Crippen molar-refractivity contribution in [2.24, 2.45) is 0 Å². The van der Waals surface area contributed by atoms with Crippen LogP contribution in [0.2, 0.25) is 0 Å². The fourth-order valence-electron chi connectivity index (χ4n) is 3.92. The number of amides is 1. The Morgan fingerprint density at radius 1 is 1.07 bits per heavy atom. The number of fused-ring (bicyclic) bond motifs is 1. The van der Waals surface area contributed by atoms with E-state index in [1.807, 2.05) is 36.4 Å². The van der Waals surface area contributed by atoms with E-state index in [4.69, 9.17) is 9.47 Å². The van der Waals surface area contributed by atoms with Crippen molar-refractivity contribution < 1.29 is 14.3 Å². The first-order chi connectivity index (χ1) is 14.7. The van der Waals surface area contributed by atoms with Gasteiger partial charge in [0.1, 0.15) is 0 Å². The van der Waals surface area contributed by atoms with Crippen LogP contribution in [0.15, 0.2) is 53.3 Å². The zero-order chi connectivity index (χ0) is 20.9. The van der Waals surface area contributed by atoms with Gasteiger partial charge >= 0.3 is 0 Å². The van der Waals surface area contributed by atoms with Gasteiger partial charge in [0.25, 0.3) is 11.5 Å². The lowest BCUT2D eigenvalue weighted by Crippen LogP contribution is -2.32. The third-order valence-electron chi connectivity index (χ3n) is 5.46. The number of carbonyl (C=O) groups is 1. The highest BCUT2D eigenvalue weighted by Gasteiger charge is 2.21. The molecule has 1 N–H and O–H groups in total. The van der Waals surface area contributed by atoms with E-state index in [-0.39, 0.29) is 30.7 Å². The predicted octanol–water partition coefficient (Wildman–Crippen LogP) is 3.22. The maximum atomic E-state index is 12.9. The van der Waals surface area contributed by atoms with Crippen LogP contribution in [0.3, 0.4) is 0 Å². The van der Waals surface area contributed by atoms with Gasteiger partial charge in [-0.25, -0.2) is 4.68 Å². The van der Waals surface area contributed by atoms with Crippen molar-refractivity contribution in [1.82, 2.24) is 15.1 Å². The fourth-order valence-corrected chi connectivity index (χ4v) is 3.92. The van der Waals surface area contributed by atoms with Gasteiger partial charge in [-0.05, 0) is 31.0 Å². The second-order valence-corrected chi connectivity index (χ2v) is 7.40. The van der Waals surface area contributed by atoms with E-state index in [2.05, 4.69) is 10.4 Å². The van der Waals surface area contributed by atoms with Gasteiger partial charge in [0.05, 0.1) is 30.8 Å². The molecule has 0 bridgehead atoms. The van der Waals surface area contributed by atoms with Crippen molar-refractivity contribution in [3.63, 3.8) is 0 Å². The molecule has 1 aliphatic carbocycles. The van der Waals surface area contributed by atoms with E-state index in [0.717, 1.165) is 31.1 Å². The van der Waals surface area contributed by atoms with Crippen LogP contribution in [0.5, 0.6) is 11.5 Å². The molecule has 3 aromatic rings. The highest BCUT2D eigenvalue weighted by atomic mass is 16.5. The summed E-state index contributed by atoms with van der Waals surface area (Å²) in [6, 6.07) is 14.7. The second kappa shape index (κ2) is 8.98. The van der Waals surface area contributed by atoms with Crippen molar-refractivity contribution in [2.75, 3.05) is 13.7 Å². The van der Waals surface area contributed by atoms with Crippen LogP contribution in [-0.2, 0) is 11.3 Å². The summed E-state index contributed by atoms with van der Waals surface area (Å²) < 4.78 is 12.4. The summed E-state index contributed by atoms with van der Waals surface area (Å²) in [5, 5.41) is 8.88. The van der Waals surface area contributed by atoms with Crippen molar-refractivity contribution >= 4 is 16.7 Å². The predicted molar refractivity (Wildman–Crippen MR) is 114 cm³/mol. The van der Waals surface area contributed by atoms with E-state index in [9.17, 15) is 9.59 Å². The molecule has 30 heavy (non-hydrogen) atoms. The van der Waals surface area contributed by atoms with E-state index in [1.165, 1.54) is 0 Å². The summed E-state index contributed by atoms with van der Waals surface area (Å²) in [4.78, 5) is 25.3. The summed E-state index contributed by atoms with van der Waals surface area (Å²) in [7, 11) is 1.55. The Hall–Kier alpha value is -3.35. The largest absolute Gasteiger partial charge is 0.493 e. The van der Waals surface area contributed by atoms with Crippen LogP contribution in [-0.4, -0.2) is 29.4 Å². The van der Waals surface area contributed by atoms with Gasteiger partial charge in [0.15, 0.2) is 18.1 Å². The van der Waals surface area contributed by atoms with E-state index >= 15 is 0 Å². The standard InChI is InChI=1S/C23H25N3O4/c1-29-20-12-6-7-13-21(20)30-15-22(27)24-14-19-17-10-4-5-11-18(17)23(28)26(25-19)16-8-2-3-9-16/h4-7,10-13,16H,2-3,8-9,14-15H2,1H3,(H,24,27). The molecule has 1 aromatic heterocycles. The highest BCUT2D eigenvalue weighted by Crippen LogP contribution is 2.28. The SMILES string of the molecule is COc1ccccc1OCC(=O)NCc1nn(C2CCCC2)c(=O)c2ccccc12. The minimum Gasteiger partial charge on any atom is -0.493 e. The van der Waals surface area contributed by atoms with Crippen LogP contribution < -0.4 is 20.3 Å². The minimum absolute atomic E-state index is 0.0629. The number of para-hydroxylation sites is 2. The van der Waals surface area contributed by atoms with Crippen molar-refractivity contribution in [1.29, 1.82) is 0 Å². The molecule has 156 valence electrons. The number of carbonyl (C=O) groups excluding carboxylic acids is 1. The molecule has 0 saturated heterocycles. The number of benzene rings is 2. The molecule has 1 saturated carbocycles. The number of rotatable bonds is 7. The zero-order valence-electron chi connectivity index (χ0n) is 17.0. The van der Waals surface area contributed by atoms with Gasteiger partial charge < -0.3 is 14.8 Å². The van der Waals surface area contributed by atoms with E-state index < -0.39 is 0 Å². The van der Waals surface area contributed by atoms with Gasteiger partial charge in [0.2, 0.25) is 0 Å². The third-order valence-corrected chi connectivity index (χ3v) is 5.46. The first-order valence-corrected chi connectivity index (χ1v) is 10.2. The second-order valence-electron chi connectivity index (χ2n) is 7.40. The highest BCUT2D eigenvalue weighted by molar-refractivity contribution is 5.84. The summed E-state index contributed by atoms with van der Waals surface area (Å²) in [5.74, 6) is 0.806. The average molecular weight is 407 g/mol. The summed E-state index contributed by atoms with van der Waals surface area (Å²) in [6.45, 7) is 0.0855. The van der Waals surface area contributed by atoms with Gasteiger partial charge in [-0.1, -0.05) is 43.2 Å². The maximum Gasteiger partial charge on any atom is 0.274 e. The van der Waals surface area contributed by atoms with Crippen LogP contribution in [0, 0.1) is 0 Å². The summed E-state index contributed by atoms with van der Waals surface area (Å²) in [6.07, 6.45) is 4.14. The molecular formula is C23H25N3O4. The summed E-state index contributed by atoms with van der Waals surface area (Å²) in [5.41, 5.74) is 0.620. The molecule has 1 heterocycles. The van der Waals surface area contributed by atoms with Crippen LogP contribution in [0.25, 0.3) is 10.8 Å².